The smallest absolute Gasteiger partial charge is 0.0619 e. The Morgan fingerprint density at radius 1 is 1.41 bits per heavy atom. The summed E-state index contributed by atoms with van der Waals surface area (Å²) in [4.78, 5) is 0. The van der Waals surface area contributed by atoms with Crippen LogP contribution < -0.4 is 5.32 Å². The van der Waals surface area contributed by atoms with Crippen molar-refractivity contribution in [2.45, 2.75) is 38.3 Å². The van der Waals surface area contributed by atoms with Gasteiger partial charge >= 0.3 is 0 Å². The van der Waals surface area contributed by atoms with Gasteiger partial charge in [0.2, 0.25) is 0 Å². The number of nitrogens with one attached hydrogen (secondary N) is 1. The Kier molecular flexibility index (Phi) is 4.84. The van der Waals surface area contributed by atoms with E-state index in [9.17, 15) is 0 Å². The first kappa shape index (κ1) is 12.9. The highest BCUT2D eigenvalue weighted by Gasteiger charge is 2.15. The third kappa shape index (κ3) is 4.30. The molecule has 94 valence electrons. The summed E-state index contributed by atoms with van der Waals surface area (Å²) in [6.45, 7) is 4.00. The normalized spacial score (nSPS) is 22.4. The fourth-order valence-corrected chi connectivity index (χ4v) is 2.43. The molecule has 2 nitrogen and oxygen atoms in total. The fourth-order valence-electron chi connectivity index (χ4n) is 2.31. The van der Waals surface area contributed by atoms with Gasteiger partial charge in [0.15, 0.2) is 0 Å². The van der Waals surface area contributed by atoms with E-state index in [4.69, 9.17) is 16.3 Å². The lowest BCUT2D eigenvalue weighted by atomic mass is 10.0. The molecule has 1 aromatic rings. The largest absolute Gasteiger partial charge is 0.380 e. The average molecular weight is 254 g/mol. The third-order valence-corrected chi connectivity index (χ3v) is 3.39. The lowest BCUT2D eigenvalue weighted by molar-refractivity contribution is 0.0671. The summed E-state index contributed by atoms with van der Waals surface area (Å²) in [5, 5.41) is 4.42. The predicted octanol–water partition coefficient (Wildman–Crippen LogP) is 3.04. The number of rotatable bonds is 4. The molecular formula is C14H20ClNO. The van der Waals surface area contributed by atoms with Crippen LogP contribution in [-0.4, -0.2) is 25.3 Å². The second kappa shape index (κ2) is 6.39. The summed E-state index contributed by atoms with van der Waals surface area (Å²) in [7, 11) is 0. The molecule has 2 atom stereocenters. The molecular weight excluding hydrogens is 234 g/mol. The summed E-state index contributed by atoms with van der Waals surface area (Å²) in [6, 6.07) is 9.09. The van der Waals surface area contributed by atoms with Crippen molar-refractivity contribution in [3.8, 4) is 0 Å². The zero-order chi connectivity index (χ0) is 12.1. The van der Waals surface area contributed by atoms with Crippen molar-refractivity contribution in [2.75, 3.05) is 13.2 Å². The van der Waals surface area contributed by atoms with E-state index >= 15 is 0 Å². The Hall–Kier alpha value is -0.570. The van der Waals surface area contributed by atoms with Crippen molar-refractivity contribution >= 4 is 11.6 Å². The number of halogens is 1. The lowest BCUT2D eigenvalue weighted by Crippen LogP contribution is -2.42. The Morgan fingerprint density at radius 3 is 2.82 bits per heavy atom. The molecule has 0 bridgehead atoms. The minimum atomic E-state index is 0.475. The van der Waals surface area contributed by atoms with E-state index in [1.54, 1.807) is 0 Å². The van der Waals surface area contributed by atoms with E-state index in [1.807, 2.05) is 12.1 Å². The highest BCUT2D eigenvalue weighted by Crippen LogP contribution is 2.12. The first-order chi connectivity index (χ1) is 8.24. The van der Waals surface area contributed by atoms with Gasteiger partial charge in [-0.2, -0.15) is 0 Å². The van der Waals surface area contributed by atoms with E-state index in [0.717, 1.165) is 24.7 Å². The van der Waals surface area contributed by atoms with Gasteiger partial charge in [0.25, 0.3) is 0 Å². The maximum atomic E-state index is 5.87. The van der Waals surface area contributed by atoms with E-state index < -0.39 is 0 Å². The van der Waals surface area contributed by atoms with Crippen molar-refractivity contribution < 1.29 is 4.74 Å². The number of benzene rings is 1. The molecule has 2 rings (SSSR count). The summed E-state index contributed by atoms with van der Waals surface area (Å²) in [5.41, 5.74) is 1.33. The number of ether oxygens (including phenoxy) is 1. The van der Waals surface area contributed by atoms with Gasteiger partial charge in [-0.15, -0.1) is 0 Å². The van der Waals surface area contributed by atoms with Crippen LogP contribution in [0.3, 0.4) is 0 Å². The highest BCUT2D eigenvalue weighted by molar-refractivity contribution is 6.30. The first-order valence-corrected chi connectivity index (χ1v) is 6.70. The quantitative estimate of drug-likeness (QED) is 0.891. The Balaban J connectivity index is 1.79. The zero-order valence-electron chi connectivity index (χ0n) is 10.3. The number of hydrogen-bond donors (Lipinski definition) is 1. The maximum Gasteiger partial charge on any atom is 0.0619 e. The molecule has 0 saturated carbocycles. The molecule has 0 aliphatic carbocycles. The van der Waals surface area contributed by atoms with Crippen molar-refractivity contribution in [1.29, 1.82) is 0 Å². The van der Waals surface area contributed by atoms with Crippen LogP contribution in [0.15, 0.2) is 24.3 Å². The standard InChI is InChI=1S/C14H20ClNO/c1-11(16-14-3-2-8-17-10-14)9-12-4-6-13(15)7-5-12/h4-7,11,14,16H,2-3,8-10H2,1H3. The lowest BCUT2D eigenvalue weighted by Gasteiger charge is -2.26. The molecule has 1 aliphatic heterocycles. The Bertz CT molecular complexity index is 333. The van der Waals surface area contributed by atoms with Crippen LogP contribution in [0.1, 0.15) is 25.3 Å². The van der Waals surface area contributed by atoms with Crippen molar-refractivity contribution in [3.63, 3.8) is 0 Å². The Labute approximate surface area is 108 Å². The number of hydrogen-bond acceptors (Lipinski definition) is 2. The van der Waals surface area contributed by atoms with Gasteiger partial charge in [-0.1, -0.05) is 23.7 Å². The molecule has 0 aromatic heterocycles. The van der Waals surface area contributed by atoms with Gasteiger partial charge in [-0.05, 0) is 43.9 Å². The summed E-state index contributed by atoms with van der Waals surface area (Å²) in [6.07, 6.45) is 3.43. The zero-order valence-corrected chi connectivity index (χ0v) is 11.0. The van der Waals surface area contributed by atoms with Crippen LogP contribution in [-0.2, 0) is 11.2 Å². The summed E-state index contributed by atoms with van der Waals surface area (Å²) in [5.74, 6) is 0. The van der Waals surface area contributed by atoms with Gasteiger partial charge < -0.3 is 10.1 Å². The molecule has 1 saturated heterocycles. The molecule has 1 heterocycles. The molecule has 0 radical (unpaired) electrons. The van der Waals surface area contributed by atoms with Crippen LogP contribution in [0.5, 0.6) is 0 Å². The van der Waals surface area contributed by atoms with Gasteiger partial charge in [0.05, 0.1) is 6.61 Å². The minimum Gasteiger partial charge on any atom is -0.380 e. The minimum absolute atomic E-state index is 0.475. The topological polar surface area (TPSA) is 21.3 Å². The molecule has 1 aromatic carbocycles. The molecule has 2 unspecified atom stereocenters. The van der Waals surface area contributed by atoms with E-state index in [1.165, 1.54) is 18.4 Å². The van der Waals surface area contributed by atoms with Crippen LogP contribution in [0.25, 0.3) is 0 Å². The van der Waals surface area contributed by atoms with Gasteiger partial charge in [0, 0.05) is 23.7 Å². The average Bonchev–Trinajstić information content (AvgIpc) is 2.33. The highest BCUT2D eigenvalue weighted by atomic mass is 35.5. The van der Waals surface area contributed by atoms with Crippen LogP contribution >= 0.6 is 11.6 Å². The van der Waals surface area contributed by atoms with E-state index in [-0.39, 0.29) is 0 Å². The molecule has 1 N–H and O–H groups in total. The SMILES string of the molecule is CC(Cc1ccc(Cl)cc1)NC1CCCOC1. The summed E-state index contributed by atoms with van der Waals surface area (Å²) >= 11 is 5.87. The monoisotopic (exact) mass is 253 g/mol. The maximum absolute atomic E-state index is 5.87. The second-order valence-corrected chi connectivity index (χ2v) is 5.25. The van der Waals surface area contributed by atoms with Gasteiger partial charge in [0.1, 0.15) is 0 Å². The Morgan fingerprint density at radius 2 is 2.18 bits per heavy atom. The molecule has 1 aliphatic rings. The van der Waals surface area contributed by atoms with Crippen molar-refractivity contribution in [1.82, 2.24) is 5.32 Å². The summed E-state index contributed by atoms with van der Waals surface area (Å²) < 4.78 is 5.47. The predicted molar refractivity (Wildman–Crippen MR) is 71.6 cm³/mol. The van der Waals surface area contributed by atoms with Crippen LogP contribution in [0, 0.1) is 0 Å². The first-order valence-electron chi connectivity index (χ1n) is 6.32. The molecule has 0 amide bonds. The fraction of sp³-hybridized carbons (Fsp3) is 0.571. The molecule has 3 heteroatoms. The second-order valence-electron chi connectivity index (χ2n) is 4.81. The molecule has 1 fully saturated rings. The van der Waals surface area contributed by atoms with Gasteiger partial charge in [-0.25, -0.2) is 0 Å². The molecule has 17 heavy (non-hydrogen) atoms. The van der Waals surface area contributed by atoms with Crippen molar-refractivity contribution in [3.05, 3.63) is 34.9 Å². The third-order valence-electron chi connectivity index (χ3n) is 3.14. The molecule has 0 spiro atoms. The van der Waals surface area contributed by atoms with E-state index in [2.05, 4.69) is 24.4 Å². The van der Waals surface area contributed by atoms with Crippen LogP contribution in [0.4, 0.5) is 0 Å². The van der Waals surface area contributed by atoms with Gasteiger partial charge in [-0.3, -0.25) is 0 Å². The van der Waals surface area contributed by atoms with Crippen molar-refractivity contribution in [2.24, 2.45) is 0 Å². The van der Waals surface area contributed by atoms with E-state index in [0.29, 0.717) is 12.1 Å². The van der Waals surface area contributed by atoms with Crippen LogP contribution in [0.2, 0.25) is 5.02 Å².